The maximum absolute atomic E-state index is 13.4. The Labute approximate surface area is 164 Å². The van der Waals surface area contributed by atoms with Crippen molar-refractivity contribution >= 4 is 15.8 Å². The highest BCUT2D eigenvalue weighted by Crippen LogP contribution is 2.35. The molecule has 0 fully saturated rings. The van der Waals surface area contributed by atoms with Gasteiger partial charge in [0.25, 0.3) is 0 Å². The summed E-state index contributed by atoms with van der Waals surface area (Å²) in [5, 5.41) is 5.69. The number of nitrogens with zero attached hydrogens (tertiary/aromatic N) is 1. The molecule has 1 rings (SSSR count). The number of nitrogens with one attached hydrogen (secondary N) is 2. The van der Waals surface area contributed by atoms with Crippen LogP contribution in [-0.4, -0.2) is 45.6 Å². The van der Waals surface area contributed by atoms with Gasteiger partial charge in [-0.15, -0.1) is 0 Å². The van der Waals surface area contributed by atoms with Gasteiger partial charge in [0.15, 0.2) is 5.96 Å². The van der Waals surface area contributed by atoms with Crippen molar-refractivity contribution in [2.75, 3.05) is 25.6 Å². The lowest BCUT2D eigenvalue weighted by atomic mass is 10.1. The van der Waals surface area contributed by atoms with E-state index in [-0.39, 0.29) is 29.6 Å². The summed E-state index contributed by atoms with van der Waals surface area (Å²) in [6.07, 6.45) is -3.02. The van der Waals surface area contributed by atoms with Gasteiger partial charge in [0.1, 0.15) is 21.2 Å². The molecule has 0 heterocycles. The Morgan fingerprint density at radius 3 is 2.32 bits per heavy atom. The molecule has 6 nitrogen and oxygen atoms in total. The topological polar surface area (TPSA) is 79.8 Å². The molecule has 28 heavy (non-hydrogen) atoms. The van der Waals surface area contributed by atoms with E-state index in [4.69, 9.17) is 4.74 Å². The van der Waals surface area contributed by atoms with E-state index in [1.807, 2.05) is 0 Å². The van der Waals surface area contributed by atoms with Crippen molar-refractivity contribution in [3.05, 3.63) is 29.3 Å². The van der Waals surface area contributed by atoms with Gasteiger partial charge in [-0.05, 0) is 44.9 Å². The fourth-order valence-corrected chi connectivity index (χ4v) is 3.00. The first-order chi connectivity index (χ1) is 12.7. The Morgan fingerprint density at radius 1 is 1.18 bits per heavy atom. The van der Waals surface area contributed by atoms with Crippen molar-refractivity contribution in [2.45, 2.75) is 45.5 Å². The third kappa shape index (κ3) is 9.29. The minimum atomic E-state index is -4.53. The Balaban J connectivity index is 2.81. The molecule has 0 aliphatic heterocycles. The fourth-order valence-electron chi connectivity index (χ4n) is 2.33. The minimum Gasteiger partial charge on any atom is -0.488 e. The number of aliphatic imine (C=N–C) groups is 1. The normalized spacial score (nSPS) is 13.4. The maximum atomic E-state index is 13.4. The summed E-state index contributed by atoms with van der Waals surface area (Å²) in [5.41, 5.74) is -1.34. The van der Waals surface area contributed by atoms with Gasteiger partial charge in [0, 0.05) is 26.4 Å². The second-order valence-electron chi connectivity index (χ2n) is 7.37. The van der Waals surface area contributed by atoms with Crippen molar-refractivity contribution in [3.63, 3.8) is 0 Å². The highest BCUT2D eigenvalue weighted by Gasteiger charge is 2.34. The number of hydrogen-bond acceptors (Lipinski definition) is 4. The van der Waals surface area contributed by atoms with Crippen LogP contribution in [0.15, 0.2) is 23.2 Å². The summed E-state index contributed by atoms with van der Waals surface area (Å²) in [4.78, 5) is 3.93. The molecule has 0 saturated heterocycles. The molecule has 0 aliphatic rings. The molecule has 0 aromatic heterocycles. The maximum Gasteiger partial charge on any atom is 0.416 e. The number of guanidine groups is 1. The van der Waals surface area contributed by atoms with E-state index >= 15 is 0 Å². The Morgan fingerprint density at radius 2 is 1.82 bits per heavy atom. The molecule has 0 spiro atoms. The van der Waals surface area contributed by atoms with Crippen LogP contribution in [0.1, 0.15) is 38.3 Å². The minimum absolute atomic E-state index is 0.0183. The molecule has 160 valence electrons. The van der Waals surface area contributed by atoms with Gasteiger partial charge in [0.05, 0.1) is 11.3 Å². The highest BCUT2D eigenvalue weighted by atomic mass is 32.2. The van der Waals surface area contributed by atoms with Crippen LogP contribution >= 0.6 is 0 Å². The SMILES string of the molecule is CN=C(NCCCS(C)(=O)=O)NCc1ccc(OC(C)(C)C)cc1C(F)(F)F. The highest BCUT2D eigenvalue weighted by molar-refractivity contribution is 7.90. The number of halogens is 3. The second-order valence-corrected chi connectivity index (χ2v) is 9.63. The van der Waals surface area contributed by atoms with Gasteiger partial charge in [0.2, 0.25) is 0 Å². The van der Waals surface area contributed by atoms with Crippen LogP contribution < -0.4 is 15.4 Å². The zero-order valence-electron chi connectivity index (χ0n) is 16.8. The molecule has 0 atom stereocenters. The summed E-state index contributed by atoms with van der Waals surface area (Å²) in [5.74, 6) is 0.452. The zero-order valence-corrected chi connectivity index (χ0v) is 17.6. The first kappa shape index (κ1) is 24.1. The Hall–Kier alpha value is -1.97. The molecule has 0 saturated carbocycles. The van der Waals surface area contributed by atoms with E-state index in [1.54, 1.807) is 20.8 Å². The average Bonchev–Trinajstić information content (AvgIpc) is 2.51. The number of sulfone groups is 1. The summed E-state index contributed by atoms with van der Waals surface area (Å²) in [7, 11) is -1.58. The van der Waals surface area contributed by atoms with Crippen molar-refractivity contribution in [1.29, 1.82) is 0 Å². The molecule has 0 radical (unpaired) electrons. The quantitative estimate of drug-likeness (QED) is 0.400. The van der Waals surface area contributed by atoms with E-state index in [0.29, 0.717) is 13.0 Å². The van der Waals surface area contributed by atoms with Crippen LogP contribution in [0.2, 0.25) is 0 Å². The first-order valence-corrected chi connectivity index (χ1v) is 10.8. The largest absolute Gasteiger partial charge is 0.488 e. The molecule has 1 aromatic rings. The molecule has 0 unspecified atom stereocenters. The van der Waals surface area contributed by atoms with Crippen LogP contribution in [0.3, 0.4) is 0 Å². The fraction of sp³-hybridized carbons (Fsp3) is 0.611. The Bertz CT molecular complexity index is 785. The molecular weight excluding hydrogens is 395 g/mol. The van der Waals surface area contributed by atoms with Crippen LogP contribution in [0, 0.1) is 0 Å². The lowest BCUT2D eigenvalue weighted by Gasteiger charge is -2.23. The molecular formula is C18H28F3N3O3S. The molecule has 0 aliphatic carbocycles. The van der Waals surface area contributed by atoms with E-state index in [2.05, 4.69) is 15.6 Å². The molecule has 0 bridgehead atoms. The standard InChI is InChI=1S/C18H28F3N3O3S/c1-17(2,3)27-14-8-7-13(15(11-14)18(19,20)21)12-24-16(22-4)23-9-6-10-28(5,25)26/h7-8,11H,6,9-10,12H2,1-5H3,(H2,22,23,24). The predicted molar refractivity (Wildman–Crippen MR) is 104 cm³/mol. The molecule has 2 N–H and O–H groups in total. The van der Waals surface area contributed by atoms with Crippen LogP contribution in [0.5, 0.6) is 5.75 Å². The Kier molecular flexibility index (Phi) is 8.16. The van der Waals surface area contributed by atoms with Crippen molar-refractivity contribution < 1.29 is 26.3 Å². The number of hydrogen-bond donors (Lipinski definition) is 2. The molecule has 10 heteroatoms. The first-order valence-electron chi connectivity index (χ1n) is 8.72. The van der Waals surface area contributed by atoms with Crippen LogP contribution in [0.25, 0.3) is 0 Å². The summed E-state index contributed by atoms with van der Waals surface area (Å²) in [6.45, 7) is 5.51. The van der Waals surface area contributed by atoms with Crippen molar-refractivity contribution in [2.24, 2.45) is 4.99 Å². The zero-order chi connectivity index (χ0) is 21.6. The van der Waals surface area contributed by atoms with Gasteiger partial charge >= 0.3 is 6.18 Å². The smallest absolute Gasteiger partial charge is 0.416 e. The number of benzene rings is 1. The van der Waals surface area contributed by atoms with E-state index in [0.717, 1.165) is 12.3 Å². The van der Waals surface area contributed by atoms with Gasteiger partial charge in [-0.25, -0.2) is 8.42 Å². The van der Waals surface area contributed by atoms with Crippen LogP contribution in [0.4, 0.5) is 13.2 Å². The summed E-state index contributed by atoms with van der Waals surface area (Å²) < 4.78 is 68.1. The van der Waals surface area contributed by atoms with Crippen molar-refractivity contribution in [3.8, 4) is 5.75 Å². The van der Waals surface area contributed by atoms with Gasteiger partial charge in [-0.1, -0.05) is 6.07 Å². The van der Waals surface area contributed by atoms with Crippen LogP contribution in [-0.2, 0) is 22.6 Å². The van der Waals surface area contributed by atoms with E-state index in [9.17, 15) is 21.6 Å². The van der Waals surface area contributed by atoms with E-state index in [1.165, 1.54) is 19.2 Å². The second kappa shape index (κ2) is 9.49. The van der Waals surface area contributed by atoms with Crippen molar-refractivity contribution in [1.82, 2.24) is 10.6 Å². The van der Waals surface area contributed by atoms with E-state index < -0.39 is 27.2 Å². The lowest BCUT2D eigenvalue weighted by Crippen LogP contribution is -2.38. The molecule has 1 aromatic carbocycles. The van der Waals surface area contributed by atoms with Gasteiger partial charge in [-0.3, -0.25) is 4.99 Å². The third-order valence-corrected chi connectivity index (χ3v) is 4.50. The van der Waals surface area contributed by atoms with Gasteiger partial charge < -0.3 is 15.4 Å². The number of rotatable bonds is 7. The lowest BCUT2D eigenvalue weighted by molar-refractivity contribution is -0.138. The summed E-state index contributed by atoms with van der Waals surface area (Å²) in [6, 6.07) is 3.86. The predicted octanol–water partition coefficient (Wildman–Crippen LogP) is 2.98. The monoisotopic (exact) mass is 423 g/mol. The number of ether oxygens (including phenoxy) is 1. The van der Waals surface area contributed by atoms with Gasteiger partial charge in [-0.2, -0.15) is 13.2 Å². The summed E-state index contributed by atoms with van der Waals surface area (Å²) >= 11 is 0. The third-order valence-electron chi connectivity index (χ3n) is 3.47. The average molecular weight is 424 g/mol. The number of alkyl halides is 3. The molecule has 0 amide bonds.